The molecule has 4 rings (SSSR count). The summed E-state index contributed by atoms with van der Waals surface area (Å²) in [6.07, 6.45) is 2.74. The lowest BCUT2D eigenvalue weighted by Gasteiger charge is -2.32. The summed E-state index contributed by atoms with van der Waals surface area (Å²) in [5.74, 6) is 2.00. The number of imidazole rings is 1. The number of fused-ring (bicyclic) bond motifs is 1. The predicted molar refractivity (Wildman–Crippen MR) is 140 cm³/mol. The molecule has 3 aromatic rings. The Morgan fingerprint density at radius 3 is 2.83 bits per heavy atom. The van der Waals surface area contributed by atoms with Crippen molar-refractivity contribution in [1.29, 1.82) is 0 Å². The van der Waals surface area contributed by atoms with E-state index in [1.165, 1.54) is 5.56 Å². The Morgan fingerprint density at radius 2 is 2.06 bits per heavy atom. The van der Waals surface area contributed by atoms with Gasteiger partial charge >= 0.3 is 6.09 Å². The topological polar surface area (TPSA) is 56.6 Å². The lowest BCUT2D eigenvalue weighted by atomic mass is 9.93. The molecular weight excluding hydrogens is 481 g/mol. The Bertz CT molecular complexity index is 1150. The molecule has 1 saturated heterocycles. The molecule has 2 atom stereocenters. The number of aromatic nitrogens is 2. The van der Waals surface area contributed by atoms with Gasteiger partial charge in [-0.25, -0.2) is 14.2 Å². The minimum atomic E-state index is -1.52. The van der Waals surface area contributed by atoms with E-state index in [9.17, 15) is 9.18 Å². The van der Waals surface area contributed by atoms with Crippen molar-refractivity contribution in [2.75, 3.05) is 13.1 Å². The maximum absolute atomic E-state index is 13.8. The zero-order valence-corrected chi connectivity index (χ0v) is 21.8. The first-order valence-electron chi connectivity index (χ1n) is 12.9. The Hall–Kier alpha value is -2.80. The van der Waals surface area contributed by atoms with Gasteiger partial charge in [0.2, 0.25) is 6.36 Å². The Morgan fingerprint density at radius 1 is 1.25 bits per heavy atom. The number of hydrogen-bond acceptors (Lipinski definition) is 4. The van der Waals surface area contributed by atoms with Crippen LogP contribution in [0.15, 0.2) is 42.5 Å². The number of aryl methyl sites for hydroxylation is 2. The van der Waals surface area contributed by atoms with E-state index in [4.69, 9.17) is 26.1 Å². The average Bonchev–Trinajstić information content (AvgIpc) is 3.20. The van der Waals surface area contributed by atoms with Gasteiger partial charge in [0.1, 0.15) is 18.2 Å². The fourth-order valence-electron chi connectivity index (χ4n) is 4.80. The van der Waals surface area contributed by atoms with E-state index < -0.39 is 12.5 Å². The molecule has 0 spiro atoms. The highest BCUT2D eigenvalue weighted by atomic mass is 35.5. The van der Waals surface area contributed by atoms with E-state index in [2.05, 4.69) is 29.7 Å². The number of ether oxygens (including phenoxy) is 2. The zero-order chi connectivity index (χ0) is 25.5. The SMILES string of the molecule is CCCC(F)OC(=O)N1CCCC(CCCn2c(COc3ccc(Cl)cc3)nc3cc(C)ccc32)C1. The first-order chi connectivity index (χ1) is 17.4. The number of halogens is 2. The molecule has 194 valence electrons. The maximum atomic E-state index is 13.8. The van der Waals surface area contributed by atoms with E-state index in [-0.39, 0.29) is 6.42 Å². The van der Waals surface area contributed by atoms with Crippen LogP contribution in [0.5, 0.6) is 5.75 Å². The van der Waals surface area contributed by atoms with Crippen molar-refractivity contribution in [3.8, 4) is 5.75 Å². The first-order valence-corrected chi connectivity index (χ1v) is 13.2. The van der Waals surface area contributed by atoms with Crippen LogP contribution in [-0.4, -0.2) is 40.0 Å². The fraction of sp³-hybridized carbons (Fsp3) is 0.500. The molecule has 2 aromatic carbocycles. The van der Waals surface area contributed by atoms with Crippen molar-refractivity contribution in [2.45, 2.75) is 71.9 Å². The minimum absolute atomic E-state index is 0.242. The number of carbonyl (C=O) groups is 1. The molecular formula is C28H35ClFN3O3. The second kappa shape index (κ2) is 12.4. The minimum Gasteiger partial charge on any atom is -0.486 e. The van der Waals surface area contributed by atoms with E-state index in [0.29, 0.717) is 37.1 Å². The summed E-state index contributed by atoms with van der Waals surface area (Å²) >= 11 is 5.99. The summed E-state index contributed by atoms with van der Waals surface area (Å²) in [6, 6.07) is 13.6. The highest BCUT2D eigenvalue weighted by molar-refractivity contribution is 6.30. The highest BCUT2D eigenvalue weighted by Crippen LogP contribution is 2.25. The normalized spacial score (nSPS) is 16.8. The maximum Gasteiger partial charge on any atom is 0.412 e. The first kappa shape index (κ1) is 26.3. The van der Waals surface area contributed by atoms with Crippen LogP contribution < -0.4 is 4.74 Å². The number of benzene rings is 2. The van der Waals surface area contributed by atoms with Crippen molar-refractivity contribution >= 4 is 28.7 Å². The third kappa shape index (κ3) is 6.90. The molecule has 36 heavy (non-hydrogen) atoms. The average molecular weight is 516 g/mol. The summed E-state index contributed by atoms with van der Waals surface area (Å²) in [6.45, 7) is 6.36. The van der Waals surface area contributed by atoms with E-state index in [0.717, 1.165) is 54.8 Å². The second-order valence-corrected chi connectivity index (χ2v) is 10.0. The third-order valence-electron chi connectivity index (χ3n) is 6.68. The van der Waals surface area contributed by atoms with Gasteiger partial charge in [0.05, 0.1) is 11.0 Å². The van der Waals surface area contributed by atoms with Gasteiger partial charge in [-0.3, -0.25) is 0 Å². The van der Waals surface area contributed by atoms with Crippen LogP contribution in [0, 0.1) is 12.8 Å². The molecule has 2 heterocycles. The van der Waals surface area contributed by atoms with Gasteiger partial charge in [-0.1, -0.05) is 24.6 Å². The van der Waals surface area contributed by atoms with E-state index in [1.54, 1.807) is 4.90 Å². The van der Waals surface area contributed by atoms with Crippen LogP contribution in [0.3, 0.4) is 0 Å². The molecule has 0 N–H and O–H groups in total. The van der Waals surface area contributed by atoms with Crippen molar-refractivity contribution < 1.29 is 18.7 Å². The van der Waals surface area contributed by atoms with Crippen LogP contribution in [0.2, 0.25) is 5.02 Å². The van der Waals surface area contributed by atoms with Crippen LogP contribution in [0.1, 0.15) is 56.8 Å². The number of piperidine rings is 1. The van der Waals surface area contributed by atoms with Gasteiger partial charge < -0.3 is 18.9 Å². The van der Waals surface area contributed by atoms with Crippen molar-refractivity contribution in [3.05, 3.63) is 58.9 Å². The van der Waals surface area contributed by atoms with Gasteiger partial charge in [0.15, 0.2) is 0 Å². The molecule has 2 unspecified atom stereocenters. The van der Waals surface area contributed by atoms with Crippen LogP contribution in [-0.2, 0) is 17.9 Å². The van der Waals surface area contributed by atoms with Gasteiger partial charge in [-0.05, 0) is 86.9 Å². The van der Waals surface area contributed by atoms with Crippen LogP contribution in [0.25, 0.3) is 11.0 Å². The molecule has 6 nitrogen and oxygen atoms in total. The molecule has 1 aliphatic heterocycles. The molecule has 0 radical (unpaired) electrons. The number of carbonyl (C=O) groups excluding carboxylic acids is 1. The molecule has 1 aromatic heterocycles. The molecule has 0 saturated carbocycles. The summed E-state index contributed by atoms with van der Waals surface area (Å²) in [4.78, 5) is 18.9. The lowest BCUT2D eigenvalue weighted by Crippen LogP contribution is -2.41. The summed E-state index contributed by atoms with van der Waals surface area (Å²) in [7, 11) is 0. The van der Waals surface area contributed by atoms with Crippen molar-refractivity contribution in [3.63, 3.8) is 0 Å². The molecule has 1 fully saturated rings. The van der Waals surface area contributed by atoms with Crippen molar-refractivity contribution in [1.82, 2.24) is 14.5 Å². The number of amides is 1. The number of rotatable bonds is 10. The summed E-state index contributed by atoms with van der Waals surface area (Å²) in [5, 5.41) is 0.671. The number of likely N-dealkylation sites (tertiary alicyclic amines) is 1. The molecule has 0 aliphatic carbocycles. The number of nitrogens with zero attached hydrogens (tertiary/aromatic N) is 3. The Labute approximate surface area is 217 Å². The fourth-order valence-corrected chi connectivity index (χ4v) is 4.93. The largest absolute Gasteiger partial charge is 0.486 e. The number of alkyl halides is 1. The van der Waals surface area contributed by atoms with Crippen LogP contribution in [0.4, 0.5) is 9.18 Å². The van der Waals surface area contributed by atoms with Gasteiger partial charge in [-0.15, -0.1) is 0 Å². The number of hydrogen-bond donors (Lipinski definition) is 0. The quantitative estimate of drug-likeness (QED) is 0.284. The smallest absolute Gasteiger partial charge is 0.412 e. The van der Waals surface area contributed by atoms with Crippen molar-refractivity contribution in [2.24, 2.45) is 5.92 Å². The third-order valence-corrected chi connectivity index (χ3v) is 6.93. The highest BCUT2D eigenvalue weighted by Gasteiger charge is 2.26. The molecule has 1 aliphatic rings. The molecule has 1 amide bonds. The van der Waals surface area contributed by atoms with Gasteiger partial charge in [0.25, 0.3) is 0 Å². The van der Waals surface area contributed by atoms with Gasteiger partial charge in [-0.2, -0.15) is 0 Å². The molecule has 0 bridgehead atoms. The van der Waals surface area contributed by atoms with Crippen LogP contribution >= 0.6 is 11.6 Å². The monoisotopic (exact) mass is 515 g/mol. The second-order valence-electron chi connectivity index (χ2n) is 9.59. The Balaban J connectivity index is 1.37. The molecule has 8 heteroatoms. The van der Waals surface area contributed by atoms with E-state index >= 15 is 0 Å². The summed E-state index contributed by atoms with van der Waals surface area (Å²) < 4.78 is 27.0. The standard InChI is InChI=1S/C28H35ClFN3O3/c1-3-6-26(30)36-28(34)32-15-4-7-21(18-32)8-5-16-33-25-14-9-20(2)17-24(25)31-27(33)19-35-23-12-10-22(29)11-13-23/h9-14,17,21,26H,3-8,15-16,18-19H2,1-2H3. The zero-order valence-electron chi connectivity index (χ0n) is 21.1. The lowest BCUT2D eigenvalue weighted by molar-refractivity contribution is -0.0165. The van der Waals surface area contributed by atoms with Gasteiger partial charge in [0, 0.05) is 31.1 Å². The van der Waals surface area contributed by atoms with E-state index in [1.807, 2.05) is 31.2 Å². The Kier molecular flexibility index (Phi) is 9.08. The predicted octanol–water partition coefficient (Wildman–Crippen LogP) is 7.30. The summed E-state index contributed by atoms with van der Waals surface area (Å²) in [5.41, 5.74) is 3.22.